The summed E-state index contributed by atoms with van der Waals surface area (Å²) in [4.78, 5) is 42.4. The Morgan fingerprint density at radius 2 is 1.70 bits per heavy atom. The van der Waals surface area contributed by atoms with Crippen molar-refractivity contribution in [3.8, 4) is 0 Å². The second-order valence-electron chi connectivity index (χ2n) is 7.15. The number of anilines is 1. The molecule has 0 spiro atoms. The van der Waals surface area contributed by atoms with Gasteiger partial charge in [-0.15, -0.1) is 22.7 Å². The summed E-state index contributed by atoms with van der Waals surface area (Å²) >= 11 is 3.07. The van der Waals surface area contributed by atoms with Crippen molar-refractivity contribution in [2.24, 2.45) is 0 Å². The zero-order valence-electron chi connectivity index (χ0n) is 15.7. The molecule has 0 radical (unpaired) electrons. The van der Waals surface area contributed by atoms with Crippen LogP contribution in [-0.2, 0) is 9.59 Å². The van der Waals surface area contributed by atoms with Crippen LogP contribution in [0.1, 0.15) is 11.3 Å². The van der Waals surface area contributed by atoms with Crippen LogP contribution in [-0.4, -0.2) is 52.9 Å². The third-order valence-corrected chi connectivity index (χ3v) is 7.11. The van der Waals surface area contributed by atoms with E-state index in [2.05, 4.69) is 20.5 Å². The van der Waals surface area contributed by atoms with Gasteiger partial charge in [0.2, 0.25) is 5.95 Å². The van der Waals surface area contributed by atoms with Crippen molar-refractivity contribution in [2.45, 2.75) is 0 Å². The van der Waals surface area contributed by atoms with Gasteiger partial charge in [0.25, 0.3) is 11.8 Å². The second kappa shape index (κ2) is 6.73. The van der Waals surface area contributed by atoms with E-state index in [0.717, 1.165) is 52.2 Å². The first-order chi connectivity index (χ1) is 14.7. The average Bonchev–Trinajstić information content (AvgIpc) is 3.52. The van der Waals surface area contributed by atoms with Gasteiger partial charge in [0, 0.05) is 48.7 Å². The monoisotopic (exact) mass is 436 g/mol. The van der Waals surface area contributed by atoms with Crippen LogP contribution in [0.15, 0.2) is 29.1 Å². The fraction of sp³-hybridized carbons (Fsp3) is 0.200. The molecular weight excluding hydrogens is 420 g/mol. The van der Waals surface area contributed by atoms with Gasteiger partial charge in [-0.2, -0.15) is 0 Å². The number of carbonyl (C=O) groups is 2. The number of hydrogen-bond donors (Lipinski definition) is 3. The third-order valence-electron chi connectivity index (χ3n) is 5.45. The lowest BCUT2D eigenvalue weighted by molar-refractivity contribution is -0.122. The number of carbonyl (C=O) groups excluding carboxylic acids is 2. The lowest BCUT2D eigenvalue weighted by Gasteiger charge is -2.27. The maximum Gasteiger partial charge on any atom is 0.261 e. The van der Waals surface area contributed by atoms with Crippen molar-refractivity contribution in [2.75, 3.05) is 31.1 Å². The number of amides is 2. The Balaban J connectivity index is 1.61. The van der Waals surface area contributed by atoms with Crippen molar-refractivity contribution in [3.05, 3.63) is 40.3 Å². The Morgan fingerprint density at radius 1 is 0.933 bits per heavy atom. The standard InChI is InChI=1S/C20H16N6O2S2/c27-16-13(12-9-22-18-10(12)1-7-29-18)14(17(28)24-16)15-11-2-8-30-19(11)25-20(23-15)26-5-3-21-4-6-26/h1-2,7-9,21-22H,3-6H2,(H,24,27,28). The van der Waals surface area contributed by atoms with Gasteiger partial charge >= 0.3 is 0 Å². The summed E-state index contributed by atoms with van der Waals surface area (Å²) in [5.41, 5.74) is 1.91. The molecular formula is C20H16N6O2S2. The van der Waals surface area contributed by atoms with Gasteiger partial charge in [-0.05, 0) is 22.9 Å². The smallest absolute Gasteiger partial charge is 0.261 e. The van der Waals surface area contributed by atoms with Crippen molar-refractivity contribution in [1.82, 2.24) is 25.6 Å². The van der Waals surface area contributed by atoms with Gasteiger partial charge in [0.15, 0.2) is 0 Å². The van der Waals surface area contributed by atoms with Gasteiger partial charge in [0.1, 0.15) is 9.66 Å². The molecule has 0 atom stereocenters. The molecule has 10 heteroatoms. The van der Waals surface area contributed by atoms with E-state index in [1.54, 1.807) is 17.5 Å². The summed E-state index contributed by atoms with van der Waals surface area (Å²) in [5.74, 6) is -0.222. The Morgan fingerprint density at radius 3 is 2.57 bits per heavy atom. The number of thiophene rings is 2. The van der Waals surface area contributed by atoms with Gasteiger partial charge in [-0.3, -0.25) is 14.9 Å². The number of rotatable bonds is 3. The molecule has 150 valence electrons. The van der Waals surface area contributed by atoms with E-state index < -0.39 is 11.8 Å². The summed E-state index contributed by atoms with van der Waals surface area (Å²) in [6.07, 6.45) is 1.79. The molecule has 8 nitrogen and oxygen atoms in total. The minimum Gasteiger partial charge on any atom is -0.352 e. The highest BCUT2D eigenvalue weighted by atomic mass is 32.1. The molecule has 1 fully saturated rings. The van der Waals surface area contributed by atoms with E-state index >= 15 is 0 Å². The molecule has 0 aliphatic carbocycles. The molecule has 0 aromatic carbocycles. The number of nitrogens with one attached hydrogen (secondary N) is 3. The molecule has 3 N–H and O–H groups in total. The molecule has 2 aliphatic heterocycles. The first-order valence-electron chi connectivity index (χ1n) is 9.57. The minimum atomic E-state index is -0.419. The molecule has 0 saturated carbocycles. The molecule has 6 rings (SSSR count). The van der Waals surface area contributed by atoms with E-state index in [1.807, 2.05) is 22.9 Å². The maximum absolute atomic E-state index is 12.9. The number of nitrogens with zero attached hydrogens (tertiary/aromatic N) is 3. The van der Waals surface area contributed by atoms with Gasteiger partial charge in [0.05, 0.1) is 16.8 Å². The summed E-state index contributed by atoms with van der Waals surface area (Å²) in [5, 5.41) is 11.4. The lowest BCUT2D eigenvalue weighted by atomic mass is 9.98. The number of piperazine rings is 1. The normalized spacial score (nSPS) is 17.5. The van der Waals surface area contributed by atoms with Crippen molar-refractivity contribution in [3.63, 3.8) is 0 Å². The van der Waals surface area contributed by atoms with Crippen molar-refractivity contribution < 1.29 is 9.59 Å². The fourth-order valence-corrected chi connectivity index (χ4v) is 5.57. The number of fused-ring (bicyclic) bond motifs is 2. The predicted octanol–water partition coefficient (Wildman–Crippen LogP) is 2.21. The number of aromatic amines is 1. The van der Waals surface area contributed by atoms with Crippen LogP contribution in [0.3, 0.4) is 0 Å². The summed E-state index contributed by atoms with van der Waals surface area (Å²) in [6, 6.07) is 3.87. The Bertz CT molecular complexity index is 1360. The lowest BCUT2D eigenvalue weighted by Crippen LogP contribution is -2.44. The molecule has 0 unspecified atom stereocenters. The third kappa shape index (κ3) is 2.61. The summed E-state index contributed by atoms with van der Waals surface area (Å²) < 4.78 is 0. The second-order valence-corrected chi connectivity index (χ2v) is 8.96. The Labute approximate surface area is 178 Å². The van der Waals surface area contributed by atoms with Crippen LogP contribution in [0.25, 0.3) is 31.6 Å². The molecule has 1 saturated heterocycles. The van der Waals surface area contributed by atoms with Crippen LogP contribution in [0.5, 0.6) is 0 Å². The molecule has 2 amide bonds. The predicted molar refractivity (Wildman–Crippen MR) is 119 cm³/mol. The Kier molecular flexibility index (Phi) is 3.98. The SMILES string of the molecule is O=C1NC(=O)C(c2c[nH]c3sccc23)=C1c1nc(N2CCNCC2)nc2sccc12. The van der Waals surface area contributed by atoms with Crippen LogP contribution in [0.4, 0.5) is 5.95 Å². The van der Waals surface area contributed by atoms with E-state index in [0.29, 0.717) is 22.8 Å². The average molecular weight is 437 g/mol. The zero-order valence-corrected chi connectivity index (χ0v) is 17.3. The van der Waals surface area contributed by atoms with Crippen LogP contribution < -0.4 is 15.5 Å². The van der Waals surface area contributed by atoms with Crippen LogP contribution in [0, 0.1) is 0 Å². The molecule has 0 bridgehead atoms. The number of hydrogen-bond acceptors (Lipinski definition) is 8. The highest BCUT2D eigenvalue weighted by molar-refractivity contribution is 7.17. The summed E-state index contributed by atoms with van der Waals surface area (Å²) in [7, 11) is 0. The Hall–Kier alpha value is -3.08. The van der Waals surface area contributed by atoms with Crippen molar-refractivity contribution >= 4 is 72.0 Å². The maximum atomic E-state index is 12.9. The van der Waals surface area contributed by atoms with Crippen LogP contribution in [0.2, 0.25) is 0 Å². The largest absolute Gasteiger partial charge is 0.352 e. The van der Waals surface area contributed by atoms with Gasteiger partial charge in [-0.25, -0.2) is 9.97 Å². The molecule has 2 aliphatic rings. The van der Waals surface area contributed by atoms with Gasteiger partial charge in [-0.1, -0.05) is 0 Å². The molecule has 4 aromatic heterocycles. The van der Waals surface area contributed by atoms with E-state index in [-0.39, 0.29) is 0 Å². The molecule has 6 heterocycles. The van der Waals surface area contributed by atoms with Crippen molar-refractivity contribution in [1.29, 1.82) is 0 Å². The number of imide groups is 1. The number of H-pyrrole nitrogens is 1. The topological polar surface area (TPSA) is 103 Å². The fourth-order valence-electron chi connectivity index (χ4n) is 4.03. The first kappa shape index (κ1) is 17.8. The molecule has 4 aromatic rings. The highest BCUT2D eigenvalue weighted by Crippen LogP contribution is 2.38. The van der Waals surface area contributed by atoms with E-state index in [1.165, 1.54) is 11.3 Å². The minimum absolute atomic E-state index is 0.314. The highest BCUT2D eigenvalue weighted by Gasteiger charge is 2.36. The van der Waals surface area contributed by atoms with Crippen LogP contribution >= 0.6 is 22.7 Å². The molecule has 30 heavy (non-hydrogen) atoms. The number of aromatic nitrogens is 3. The quantitative estimate of drug-likeness (QED) is 0.426. The van der Waals surface area contributed by atoms with Gasteiger partial charge < -0.3 is 15.2 Å². The summed E-state index contributed by atoms with van der Waals surface area (Å²) in [6.45, 7) is 3.29. The van der Waals surface area contributed by atoms with E-state index in [9.17, 15) is 9.59 Å². The zero-order chi connectivity index (χ0) is 20.2. The first-order valence-corrected chi connectivity index (χ1v) is 11.3. The van der Waals surface area contributed by atoms with E-state index in [4.69, 9.17) is 9.97 Å².